The van der Waals surface area contributed by atoms with Gasteiger partial charge in [0.25, 0.3) is 0 Å². The fourth-order valence-electron chi connectivity index (χ4n) is 3.25. The zero-order chi connectivity index (χ0) is 18.5. The molecule has 0 fully saturated rings. The van der Waals surface area contributed by atoms with Gasteiger partial charge in [0.1, 0.15) is 11.5 Å². The third kappa shape index (κ3) is 3.35. The number of hydrogen-bond acceptors (Lipinski definition) is 2. The molecular weight excluding hydrogens is 308 g/mol. The van der Waals surface area contributed by atoms with Crippen LogP contribution in [0, 0.1) is 16.2 Å². The summed E-state index contributed by atoms with van der Waals surface area (Å²) in [7, 11) is 0. The molecule has 0 bridgehead atoms. The quantitative estimate of drug-likeness (QED) is 0.636. The summed E-state index contributed by atoms with van der Waals surface area (Å²) < 4.78 is 6.24. The van der Waals surface area contributed by atoms with Gasteiger partial charge in [0.2, 0.25) is 0 Å². The van der Waals surface area contributed by atoms with Crippen molar-refractivity contribution in [1.29, 1.82) is 0 Å². The molecule has 3 rings (SSSR count). The van der Waals surface area contributed by atoms with Crippen LogP contribution in [0.2, 0.25) is 0 Å². The fraction of sp³-hybridized carbons (Fsp3) is 0.435. The summed E-state index contributed by atoms with van der Waals surface area (Å²) in [5, 5.41) is 0. The topological polar surface area (TPSA) is 26.3 Å². The minimum absolute atomic E-state index is 0.145. The minimum atomic E-state index is -0.616. The van der Waals surface area contributed by atoms with Gasteiger partial charge in [0.05, 0.1) is 5.41 Å². The summed E-state index contributed by atoms with van der Waals surface area (Å²) >= 11 is 0. The zero-order valence-corrected chi connectivity index (χ0v) is 16.1. The van der Waals surface area contributed by atoms with Gasteiger partial charge in [-0.05, 0) is 35.8 Å². The van der Waals surface area contributed by atoms with Crippen LogP contribution in [0.25, 0.3) is 5.57 Å². The molecule has 0 atom stereocenters. The first-order valence-corrected chi connectivity index (χ1v) is 8.96. The number of carbonyl (C=O) groups is 1. The monoisotopic (exact) mass is 336 g/mol. The number of ether oxygens (including phenoxy) is 1. The molecule has 1 aromatic rings. The van der Waals surface area contributed by atoms with E-state index in [1.807, 2.05) is 24.3 Å². The lowest BCUT2D eigenvalue weighted by atomic mass is 9.75. The largest absolute Gasteiger partial charge is 0.466 e. The maximum atomic E-state index is 13.1. The molecule has 0 amide bonds. The second-order valence-electron chi connectivity index (χ2n) is 9.24. The van der Waals surface area contributed by atoms with E-state index in [1.165, 1.54) is 0 Å². The maximum Gasteiger partial charge on any atom is 0.170 e. The van der Waals surface area contributed by atoms with Crippen molar-refractivity contribution in [2.24, 2.45) is 16.2 Å². The molecule has 2 aliphatic rings. The van der Waals surface area contributed by atoms with Crippen LogP contribution in [-0.4, -0.2) is 5.78 Å². The number of allylic oxidation sites excluding steroid dienone is 6. The highest BCUT2D eigenvalue weighted by molar-refractivity contribution is 6.08. The van der Waals surface area contributed by atoms with Crippen LogP contribution in [0.1, 0.15) is 53.5 Å². The van der Waals surface area contributed by atoms with E-state index in [2.05, 4.69) is 65.8 Å². The van der Waals surface area contributed by atoms with Gasteiger partial charge in [-0.2, -0.15) is 0 Å². The van der Waals surface area contributed by atoms with Crippen LogP contribution in [-0.2, 0) is 9.53 Å². The average Bonchev–Trinajstić information content (AvgIpc) is 2.82. The average molecular weight is 336 g/mol. The van der Waals surface area contributed by atoms with E-state index in [1.54, 1.807) is 0 Å². The highest BCUT2D eigenvalue weighted by atomic mass is 16.5. The van der Waals surface area contributed by atoms with Crippen LogP contribution in [0.4, 0.5) is 0 Å². The standard InChI is InChI=1S/C23H28O2/c1-21(2,3)19-14-23(15-20(25-19)22(4,5)6)13-17(12-18(23)24)16-10-8-7-9-11-16/h7-12,14-15H,13H2,1-6H3. The summed E-state index contributed by atoms with van der Waals surface area (Å²) in [6.45, 7) is 12.8. The molecular formula is C23H28O2. The van der Waals surface area contributed by atoms with E-state index in [9.17, 15) is 4.79 Å². The highest BCUT2D eigenvalue weighted by Gasteiger charge is 2.45. The molecule has 132 valence electrons. The molecule has 0 N–H and O–H groups in total. The number of benzene rings is 1. The Hall–Kier alpha value is -2.09. The van der Waals surface area contributed by atoms with E-state index in [-0.39, 0.29) is 16.6 Å². The van der Waals surface area contributed by atoms with Crippen molar-refractivity contribution in [1.82, 2.24) is 0 Å². The van der Waals surface area contributed by atoms with Crippen LogP contribution in [0.5, 0.6) is 0 Å². The summed E-state index contributed by atoms with van der Waals surface area (Å²) in [6, 6.07) is 10.2. The molecule has 0 radical (unpaired) electrons. The zero-order valence-electron chi connectivity index (χ0n) is 16.1. The highest BCUT2D eigenvalue weighted by Crippen LogP contribution is 2.50. The Morgan fingerprint density at radius 3 is 1.88 bits per heavy atom. The molecule has 25 heavy (non-hydrogen) atoms. The number of ketones is 1. The lowest BCUT2D eigenvalue weighted by Crippen LogP contribution is -2.31. The Bertz CT molecular complexity index is 748. The Labute approximate surface area is 151 Å². The predicted octanol–water partition coefficient (Wildman–Crippen LogP) is 5.92. The lowest BCUT2D eigenvalue weighted by molar-refractivity contribution is -0.119. The lowest BCUT2D eigenvalue weighted by Gasteiger charge is -2.37. The summed E-state index contributed by atoms with van der Waals surface area (Å²) in [6.07, 6.45) is 6.61. The maximum absolute atomic E-state index is 13.1. The Morgan fingerprint density at radius 2 is 1.40 bits per heavy atom. The predicted molar refractivity (Wildman–Crippen MR) is 103 cm³/mol. The first-order chi connectivity index (χ1) is 11.5. The van der Waals surface area contributed by atoms with Crippen molar-refractivity contribution in [3.05, 3.63) is 65.6 Å². The van der Waals surface area contributed by atoms with E-state index < -0.39 is 5.41 Å². The van der Waals surface area contributed by atoms with Crippen LogP contribution in [0.15, 0.2) is 60.1 Å². The number of hydrogen-bond donors (Lipinski definition) is 0. The van der Waals surface area contributed by atoms with E-state index in [0.29, 0.717) is 6.42 Å². The van der Waals surface area contributed by atoms with E-state index >= 15 is 0 Å². The molecule has 1 aliphatic carbocycles. The minimum Gasteiger partial charge on any atom is -0.466 e. The van der Waals surface area contributed by atoms with Crippen molar-refractivity contribution in [3.63, 3.8) is 0 Å². The van der Waals surface area contributed by atoms with Crippen LogP contribution in [0.3, 0.4) is 0 Å². The number of rotatable bonds is 1. The Balaban J connectivity index is 2.07. The molecule has 0 saturated heterocycles. The Morgan fingerprint density at radius 1 is 0.880 bits per heavy atom. The third-order valence-corrected chi connectivity index (χ3v) is 4.87. The van der Waals surface area contributed by atoms with Crippen molar-refractivity contribution >= 4 is 11.4 Å². The van der Waals surface area contributed by atoms with Crippen molar-refractivity contribution in [2.45, 2.75) is 48.0 Å². The molecule has 0 aromatic heterocycles. The van der Waals surface area contributed by atoms with Crippen molar-refractivity contribution < 1.29 is 9.53 Å². The van der Waals surface area contributed by atoms with Gasteiger partial charge >= 0.3 is 0 Å². The van der Waals surface area contributed by atoms with Gasteiger partial charge in [0, 0.05) is 10.8 Å². The number of carbonyl (C=O) groups excluding carboxylic acids is 1. The fourth-order valence-corrected chi connectivity index (χ4v) is 3.25. The molecule has 2 nitrogen and oxygen atoms in total. The van der Waals surface area contributed by atoms with E-state index in [4.69, 9.17) is 4.74 Å². The molecule has 2 heteroatoms. The molecule has 1 spiro atoms. The van der Waals surface area contributed by atoms with Gasteiger partial charge in [-0.15, -0.1) is 0 Å². The van der Waals surface area contributed by atoms with Crippen LogP contribution < -0.4 is 0 Å². The molecule has 1 heterocycles. The molecule has 0 unspecified atom stereocenters. The summed E-state index contributed by atoms with van der Waals surface area (Å²) in [4.78, 5) is 13.1. The molecule has 1 aliphatic heterocycles. The van der Waals surface area contributed by atoms with Gasteiger partial charge in [0.15, 0.2) is 5.78 Å². The van der Waals surface area contributed by atoms with Gasteiger partial charge in [-0.3, -0.25) is 4.79 Å². The van der Waals surface area contributed by atoms with E-state index in [0.717, 1.165) is 22.7 Å². The summed E-state index contributed by atoms with van der Waals surface area (Å²) in [5.41, 5.74) is 1.31. The van der Waals surface area contributed by atoms with Crippen molar-refractivity contribution in [2.75, 3.05) is 0 Å². The van der Waals surface area contributed by atoms with Gasteiger partial charge in [-0.25, -0.2) is 0 Å². The summed E-state index contributed by atoms with van der Waals surface area (Å²) in [5.74, 6) is 1.92. The Kier molecular flexibility index (Phi) is 4.06. The first-order valence-electron chi connectivity index (χ1n) is 8.96. The van der Waals surface area contributed by atoms with Crippen molar-refractivity contribution in [3.8, 4) is 0 Å². The van der Waals surface area contributed by atoms with Crippen LogP contribution >= 0.6 is 0 Å². The third-order valence-electron chi connectivity index (χ3n) is 4.87. The second-order valence-corrected chi connectivity index (χ2v) is 9.24. The molecule has 1 aromatic carbocycles. The van der Waals surface area contributed by atoms with Gasteiger partial charge in [-0.1, -0.05) is 71.9 Å². The SMILES string of the molecule is CC(C)(C)C1=CC2(C=C(C(C)(C)C)O1)CC(c1ccccc1)=CC2=O. The van der Waals surface area contributed by atoms with Gasteiger partial charge < -0.3 is 4.74 Å². The smallest absolute Gasteiger partial charge is 0.170 e. The second kappa shape index (κ2) is 5.72. The normalized spacial score (nSPS) is 20.1. The first kappa shape index (κ1) is 17.7. The molecule has 0 saturated carbocycles.